The van der Waals surface area contributed by atoms with E-state index in [0.717, 1.165) is 35.8 Å². The first-order valence-corrected chi connectivity index (χ1v) is 8.96. The molecule has 0 saturated carbocycles. The van der Waals surface area contributed by atoms with Crippen molar-refractivity contribution in [2.75, 3.05) is 33.4 Å². The van der Waals surface area contributed by atoms with Gasteiger partial charge in [0, 0.05) is 25.5 Å². The molecule has 1 saturated heterocycles. The maximum Gasteiger partial charge on any atom is 0.173 e. The van der Waals surface area contributed by atoms with Crippen molar-refractivity contribution in [3.05, 3.63) is 65.7 Å². The van der Waals surface area contributed by atoms with E-state index in [2.05, 4.69) is 25.4 Å². The quantitative estimate of drug-likeness (QED) is 0.655. The molecular formula is C19H22N6O2. The summed E-state index contributed by atoms with van der Waals surface area (Å²) in [6, 6.07) is 12.0. The first kappa shape index (κ1) is 17.6. The summed E-state index contributed by atoms with van der Waals surface area (Å²) in [5.41, 5.74) is 2.23. The number of aromatic nitrogens is 5. The maximum absolute atomic E-state index is 5.53. The van der Waals surface area contributed by atoms with Gasteiger partial charge in [0.25, 0.3) is 0 Å². The summed E-state index contributed by atoms with van der Waals surface area (Å²) in [6.07, 6.45) is 3.61. The van der Waals surface area contributed by atoms with Gasteiger partial charge in [-0.05, 0) is 45.8 Å². The normalized spacial score (nSPS) is 16.2. The van der Waals surface area contributed by atoms with Crippen LogP contribution in [0.25, 0.3) is 0 Å². The summed E-state index contributed by atoms with van der Waals surface area (Å²) in [5, 5.41) is 12.6. The first-order chi connectivity index (χ1) is 13.3. The van der Waals surface area contributed by atoms with Crippen molar-refractivity contribution in [1.29, 1.82) is 0 Å². The van der Waals surface area contributed by atoms with E-state index in [0.29, 0.717) is 19.8 Å². The molecule has 8 nitrogen and oxygen atoms in total. The van der Waals surface area contributed by atoms with Gasteiger partial charge in [0.05, 0.1) is 32.9 Å². The molecule has 27 heavy (non-hydrogen) atoms. The molecule has 8 heteroatoms. The van der Waals surface area contributed by atoms with Crippen molar-refractivity contribution in [2.24, 2.45) is 0 Å². The third kappa shape index (κ3) is 3.96. The molecule has 0 amide bonds. The molecule has 0 N–H and O–H groups in total. The zero-order chi connectivity index (χ0) is 18.5. The fourth-order valence-corrected chi connectivity index (χ4v) is 3.33. The van der Waals surface area contributed by atoms with Gasteiger partial charge in [-0.1, -0.05) is 12.1 Å². The number of nitrogens with zero attached hydrogens (tertiary/aromatic N) is 6. The molecule has 1 fully saturated rings. The Morgan fingerprint density at radius 3 is 2.52 bits per heavy atom. The van der Waals surface area contributed by atoms with Crippen LogP contribution in [0.3, 0.4) is 0 Å². The minimum atomic E-state index is -0.0369. The number of tetrazole rings is 1. The lowest BCUT2D eigenvalue weighted by Gasteiger charge is -2.33. The third-order valence-corrected chi connectivity index (χ3v) is 4.73. The number of ether oxygens (including phenoxy) is 2. The molecule has 0 radical (unpaired) electrons. The number of hydrogen-bond donors (Lipinski definition) is 0. The summed E-state index contributed by atoms with van der Waals surface area (Å²) in [4.78, 5) is 6.50. The number of morpholine rings is 1. The van der Waals surface area contributed by atoms with Gasteiger partial charge >= 0.3 is 0 Å². The lowest BCUT2D eigenvalue weighted by molar-refractivity contribution is 0.0216. The first-order valence-electron chi connectivity index (χ1n) is 8.96. The van der Waals surface area contributed by atoms with Crippen LogP contribution >= 0.6 is 0 Å². The summed E-state index contributed by atoms with van der Waals surface area (Å²) in [6.45, 7) is 3.69. The summed E-state index contributed by atoms with van der Waals surface area (Å²) >= 11 is 0. The number of hydrogen-bond acceptors (Lipinski definition) is 7. The van der Waals surface area contributed by atoms with Crippen molar-refractivity contribution in [3.8, 4) is 5.75 Å². The van der Waals surface area contributed by atoms with E-state index in [-0.39, 0.29) is 6.04 Å². The molecule has 0 unspecified atom stereocenters. The molecule has 1 aliphatic rings. The van der Waals surface area contributed by atoms with Gasteiger partial charge in [-0.25, -0.2) is 4.68 Å². The van der Waals surface area contributed by atoms with Crippen molar-refractivity contribution < 1.29 is 9.47 Å². The Balaban J connectivity index is 1.65. The lowest BCUT2D eigenvalue weighted by atomic mass is 10.1. The topological polar surface area (TPSA) is 78.2 Å². The third-order valence-electron chi connectivity index (χ3n) is 4.73. The van der Waals surface area contributed by atoms with Crippen LogP contribution in [0.5, 0.6) is 5.75 Å². The lowest BCUT2D eigenvalue weighted by Crippen LogP contribution is -2.40. The Hall–Kier alpha value is -2.84. The molecule has 0 bridgehead atoms. The minimum Gasteiger partial charge on any atom is -0.497 e. The molecule has 1 aromatic carbocycles. The number of methoxy groups -OCH3 is 1. The van der Waals surface area contributed by atoms with Crippen LogP contribution in [0.15, 0.2) is 48.8 Å². The molecule has 1 aliphatic heterocycles. The maximum atomic E-state index is 5.53. The molecule has 2 aromatic heterocycles. The van der Waals surface area contributed by atoms with E-state index in [1.54, 1.807) is 19.5 Å². The average Bonchev–Trinajstić information content (AvgIpc) is 3.18. The molecule has 0 aliphatic carbocycles. The number of rotatable bonds is 6. The highest BCUT2D eigenvalue weighted by atomic mass is 16.5. The van der Waals surface area contributed by atoms with Gasteiger partial charge in [-0.15, -0.1) is 5.10 Å². The number of pyridine rings is 1. The second-order valence-corrected chi connectivity index (χ2v) is 6.37. The number of benzene rings is 1. The van der Waals surface area contributed by atoms with Crippen LogP contribution in [0.4, 0.5) is 0 Å². The molecule has 4 rings (SSSR count). The van der Waals surface area contributed by atoms with Crippen molar-refractivity contribution in [3.63, 3.8) is 0 Å². The fraction of sp³-hybridized carbons (Fsp3) is 0.368. The molecule has 3 aromatic rings. The van der Waals surface area contributed by atoms with E-state index in [1.807, 2.05) is 41.1 Å². The van der Waals surface area contributed by atoms with E-state index in [9.17, 15) is 0 Å². The van der Waals surface area contributed by atoms with Crippen molar-refractivity contribution in [2.45, 2.75) is 12.6 Å². The van der Waals surface area contributed by atoms with Crippen molar-refractivity contribution >= 4 is 0 Å². The molecular weight excluding hydrogens is 344 g/mol. The fourth-order valence-electron chi connectivity index (χ4n) is 3.33. The van der Waals surface area contributed by atoms with Gasteiger partial charge in [-0.2, -0.15) is 0 Å². The Morgan fingerprint density at radius 2 is 1.81 bits per heavy atom. The zero-order valence-corrected chi connectivity index (χ0v) is 15.2. The van der Waals surface area contributed by atoms with Gasteiger partial charge in [0.2, 0.25) is 0 Å². The average molecular weight is 366 g/mol. The Morgan fingerprint density at radius 1 is 1.07 bits per heavy atom. The van der Waals surface area contributed by atoms with Crippen LogP contribution in [0, 0.1) is 0 Å². The Kier molecular flexibility index (Phi) is 5.36. The van der Waals surface area contributed by atoms with Crippen LogP contribution in [-0.4, -0.2) is 63.5 Å². The van der Waals surface area contributed by atoms with E-state index < -0.39 is 0 Å². The highest BCUT2D eigenvalue weighted by Gasteiger charge is 2.29. The Labute approximate surface area is 157 Å². The SMILES string of the molecule is COc1ccc(Cn2nnnc2[C@@H](c2ccncc2)N2CCOCC2)cc1. The van der Waals surface area contributed by atoms with Crippen LogP contribution < -0.4 is 4.74 Å². The van der Waals surface area contributed by atoms with Gasteiger partial charge in [0.1, 0.15) is 5.75 Å². The predicted molar refractivity (Wildman–Crippen MR) is 98.4 cm³/mol. The van der Waals surface area contributed by atoms with E-state index in [4.69, 9.17) is 9.47 Å². The Bertz CT molecular complexity index is 846. The molecule has 0 spiro atoms. The van der Waals surface area contributed by atoms with E-state index in [1.165, 1.54) is 0 Å². The largest absolute Gasteiger partial charge is 0.497 e. The summed E-state index contributed by atoms with van der Waals surface area (Å²) < 4.78 is 12.6. The van der Waals surface area contributed by atoms with Gasteiger partial charge < -0.3 is 9.47 Å². The van der Waals surface area contributed by atoms with Crippen LogP contribution in [-0.2, 0) is 11.3 Å². The van der Waals surface area contributed by atoms with Crippen LogP contribution in [0.1, 0.15) is 23.0 Å². The van der Waals surface area contributed by atoms with Gasteiger partial charge in [-0.3, -0.25) is 9.88 Å². The molecule has 1 atom stereocenters. The molecule has 140 valence electrons. The highest BCUT2D eigenvalue weighted by molar-refractivity contribution is 5.28. The second kappa shape index (κ2) is 8.24. The smallest absolute Gasteiger partial charge is 0.173 e. The summed E-state index contributed by atoms with van der Waals surface area (Å²) in [7, 11) is 1.66. The molecule has 3 heterocycles. The van der Waals surface area contributed by atoms with Crippen LogP contribution in [0.2, 0.25) is 0 Å². The standard InChI is InChI=1S/C19H22N6O2/c1-26-17-4-2-15(3-5-17)14-25-19(21-22-23-25)18(16-6-8-20-9-7-16)24-10-12-27-13-11-24/h2-9,18H,10-14H2,1H3/t18-/m1/s1. The zero-order valence-electron chi connectivity index (χ0n) is 15.2. The highest BCUT2D eigenvalue weighted by Crippen LogP contribution is 2.27. The second-order valence-electron chi connectivity index (χ2n) is 6.37. The van der Waals surface area contributed by atoms with Gasteiger partial charge in [0.15, 0.2) is 5.82 Å². The predicted octanol–water partition coefficient (Wildman–Crippen LogP) is 1.55. The summed E-state index contributed by atoms with van der Waals surface area (Å²) in [5.74, 6) is 1.65. The minimum absolute atomic E-state index is 0.0369. The van der Waals surface area contributed by atoms with Crippen molar-refractivity contribution in [1.82, 2.24) is 30.1 Å². The monoisotopic (exact) mass is 366 g/mol. The van der Waals surface area contributed by atoms with E-state index >= 15 is 0 Å².